The zero-order chi connectivity index (χ0) is 17.7. The molecule has 1 aromatic rings. The fraction of sp³-hybridized carbons (Fsp3) is 0.556. The first kappa shape index (κ1) is 16.9. The third-order valence-electron chi connectivity index (χ3n) is 5.64. The molecule has 0 spiro atoms. The van der Waals surface area contributed by atoms with Crippen molar-refractivity contribution in [2.24, 2.45) is 5.41 Å². The van der Waals surface area contributed by atoms with Gasteiger partial charge < -0.3 is 19.5 Å². The van der Waals surface area contributed by atoms with Gasteiger partial charge in [-0.3, -0.25) is 4.79 Å². The quantitative estimate of drug-likeness (QED) is 0.660. The lowest BCUT2D eigenvalue weighted by molar-refractivity contribution is -0.184. The Kier molecular flexibility index (Phi) is 3.92. The largest absolute Gasteiger partial charge is 0.467 e. The van der Waals surface area contributed by atoms with Crippen molar-refractivity contribution >= 4 is 11.9 Å². The van der Waals surface area contributed by atoms with E-state index in [-0.39, 0.29) is 11.9 Å². The molecule has 3 rings (SSSR count). The van der Waals surface area contributed by atoms with Gasteiger partial charge in [0.15, 0.2) is 12.1 Å². The van der Waals surface area contributed by atoms with Crippen LogP contribution in [-0.4, -0.2) is 52.8 Å². The Morgan fingerprint density at radius 1 is 1.25 bits per heavy atom. The average Bonchev–Trinajstić information content (AvgIpc) is 2.69. The van der Waals surface area contributed by atoms with E-state index in [1.165, 1.54) is 12.0 Å². The summed E-state index contributed by atoms with van der Waals surface area (Å²) < 4.78 is 10.6. The van der Waals surface area contributed by atoms with E-state index in [2.05, 4.69) is 0 Å². The van der Waals surface area contributed by atoms with Crippen molar-refractivity contribution in [3.8, 4) is 0 Å². The summed E-state index contributed by atoms with van der Waals surface area (Å²) in [6, 6.07) is 8.20. The molecule has 1 aromatic carbocycles. The number of carbonyl (C=O) groups is 2. The molecule has 2 fully saturated rings. The minimum Gasteiger partial charge on any atom is -0.467 e. The molecule has 2 aliphatic heterocycles. The van der Waals surface area contributed by atoms with Gasteiger partial charge in [-0.1, -0.05) is 44.2 Å². The van der Waals surface area contributed by atoms with Gasteiger partial charge in [-0.05, 0) is 12.5 Å². The van der Waals surface area contributed by atoms with Crippen molar-refractivity contribution in [2.45, 2.75) is 51.2 Å². The zero-order valence-corrected chi connectivity index (χ0v) is 14.4. The number of fused-ring (bicyclic) bond motifs is 1. The van der Waals surface area contributed by atoms with Crippen molar-refractivity contribution in [1.29, 1.82) is 0 Å². The Labute approximate surface area is 141 Å². The summed E-state index contributed by atoms with van der Waals surface area (Å²) in [6.45, 7) is 5.58. The number of amides is 1. The van der Waals surface area contributed by atoms with Crippen LogP contribution in [-0.2, 0) is 25.7 Å². The number of β-lactam (4-membered cyclic amide) rings is 1. The molecule has 6 heteroatoms. The van der Waals surface area contributed by atoms with Crippen molar-refractivity contribution in [3.05, 3.63) is 35.9 Å². The molecule has 0 saturated carbocycles. The molecule has 0 bridgehead atoms. The minimum atomic E-state index is -1.40. The fourth-order valence-electron chi connectivity index (χ4n) is 3.80. The summed E-state index contributed by atoms with van der Waals surface area (Å²) in [4.78, 5) is 26.1. The van der Waals surface area contributed by atoms with Crippen LogP contribution in [0, 0.1) is 5.41 Å². The predicted molar refractivity (Wildman–Crippen MR) is 85.9 cm³/mol. The number of hydrogen-bond donors (Lipinski definition) is 1. The van der Waals surface area contributed by atoms with Crippen molar-refractivity contribution < 1.29 is 24.2 Å². The number of methoxy groups -OCH3 is 1. The SMILES string of the molecule is COC(=O)[C@H]1N2C(=O)[C@H](OCc3ccccc3)[C@@H]2C(C)(C)[C@@]1(C)O. The van der Waals surface area contributed by atoms with Crippen LogP contribution in [0.2, 0.25) is 0 Å². The highest BCUT2D eigenvalue weighted by Gasteiger charge is 2.73. The summed E-state index contributed by atoms with van der Waals surface area (Å²) in [5.74, 6) is -0.886. The Hall–Kier alpha value is -1.92. The number of rotatable bonds is 4. The molecule has 2 heterocycles. The van der Waals surface area contributed by atoms with Crippen LogP contribution in [0.15, 0.2) is 30.3 Å². The van der Waals surface area contributed by atoms with Gasteiger partial charge in [-0.2, -0.15) is 0 Å². The number of aliphatic hydroxyl groups is 1. The molecule has 24 heavy (non-hydrogen) atoms. The molecule has 1 amide bonds. The third-order valence-corrected chi connectivity index (χ3v) is 5.64. The molecular formula is C18H23NO5. The van der Waals surface area contributed by atoms with E-state index < -0.39 is 29.1 Å². The summed E-state index contributed by atoms with van der Waals surface area (Å²) in [6.07, 6.45) is -0.665. The number of carbonyl (C=O) groups excluding carboxylic acids is 2. The summed E-state index contributed by atoms with van der Waals surface area (Å²) in [7, 11) is 1.26. The van der Waals surface area contributed by atoms with Gasteiger partial charge in [0.1, 0.15) is 5.60 Å². The van der Waals surface area contributed by atoms with Crippen LogP contribution in [0.3, 0.4) is 0 Å². The zero-order valence-electron chi connectivity index (χ0n) is 14.4. The molecule has 2 saturated heterocycles. The second-order valence-corrected chi connectivity index (χ2v) is 7.20. The Morgan fingerprint density at radius 2 is 1.88 bits per heavy atom. The lowest BCUT2D eigenvalue weighted by Crippen LogP contribution is -2.68. The van der Waals surface area contributed by atoms with Gasteiger partial charge >= 0.3 is 5.97 Å². The maximum atomic E-state index is 12.6. The van der Waals surface area contributed by atoms with Crippen LogP contribution in [0.5, 0.6) is 0 Å². The van der Waals surface area contributed by atoms with Crippen LogP contribution >= 0.6 is 0 Å². The van der Waals surface area contributed by atoms with E-state index in [1.54, 1.807) is 6.92 Å². The number of esters is 1. The first-order chi connectivity index (χ1) is 11.2. The van der Waals surface area contributed by atoms with Crippen LogP contribution in [0.1, 0.15) is 26.3 Å². The van der Waals surface area contributed by atoms with Crippen molar-refractivity contribution in [3.63, 3.8) is 0 Å². The van der Waals surface area contributed by atoms with E-state index in [0.29, 0.717) is 6.61 Å². The van der Waals surface area contributed by atoms with Crippen molar-refractivity contribution in [1.82, 2.24) is 4.90 Å². The van der Waals surface area contributed by atoms with E-state index in [9.17, 15) is 14.7 Å². The highest BCUT2D eigenvalue weighted by Crippen LogP contribution is 2.54. The highest BCUT2D eigenvalue weighted by atomic mass is 16.5. The van der Waals surface area contributed by atoms with Crippen LogP contribution in [0.4, 0.5) is 0 Å². The van der Waals surface area contributed by atoms with Gasteiger partial charge in [-0.15, -0.1) is 0 Å². The van der Waals surface area contributed by atoms with E-state index in [0.717, 1.165) is 5.56 Å². The number of hydrogen-bond acceptors (Lipinski definition) is 5. The number of benzene rings is 1. The Balaban J connectivity index is 1.82. The average molecular weight is 333 g/mol. The Morgan fingerprint density at radius 3 is 2.46 bits per heavy atom. The monoisotopic (exact) mass is 333 g/mol. The van der Waals surface area contributed by atoms with E-state index in [4.69, 9.17) is 9.47 Å². The topological polar surface area (TPSA) is 76.1 Å². The molecule has 2 aliphatic rings. The Bertz CT molecular complexity index is 655. The standard InChI is InChI=1S/C18H23NO5/c1-17(2)13-12(24-10-11-8-6-5-7-9-11)15(20)19(13)14(16(21)23-4)18(17,3)22/h5-9,12-14,22H,10H2,1-4H3/t12-,13-,14-,18+/m1/s1. The second-order valence-electron chi connectivity index (χ2n) is 7.20. The lowest BCUT2D eigenvalue weighted by atomic mass is 9.69. The van der Waals surface area contributed by atoms with Crippen LogP contribution < -0.4 is 0 Å². The summed E-state index contributed by atoms with van der Waals surface area (Å²) >= 11 is 0. The maximum absolute atomic E-state index is 12.6. The van der Waals surface area contributed by atoms with Gasteiger partial charge in [-0.25, -0.2) is 4.79 Å². The molecule has 0 aliphatic carbocycles. The normalized spacial score (nSPS) is 33.8. The molecular weight excluding hydrogens is 310 g/mol. The molecule has 0 unspecified atom stereocenters. The van der Waals surface area contributed by atoms with E-state index in [1.807, 2.05) is 44.2 Å². The fourth-order valence-corrected chi connectivity index (χ4v) is 3.80. The van der Waals surface area contributed by atoms with Gasteiger partial charge in [0.25, 0.3) is 5.91 Å². The molecule has 6 nitrogen and oxygen atoms in total. The van der Waals surface area contributed by atoms with Gasteiger partial charge in [0.2, 0.25) is 0 Å². The predicted octanol–water partition coefficient (Wildman–Crippen LogP) is 1.11. The van der Waals surface area contributed by atoms with Gasteiger partial charge in [0.05, 0.1) is 19.8 Å². The molecule has 1 N–H and O–H groups in total. The van der Waals surface area contributed by atoms with E-state index >= 15 is 0 Å². The molecule has 0 aromatic heterocycles. The second kappa shape index (κ2) is 5.57. The number of nitrogens with zero attached hydrogens (tertiary/aromatic N) is 1. The third kappa shape index (κ3) is 2.17. The molecule has 0 radical (unpaired) electrons. The molecule has 4 atom stereocenters. The first-order valence-corrected chi connectivity index (χ1v) is 8.01. The van der Waals surface area contributed by atoms with Crippen LogP contribution in [0.25, 0.3) is 0 Å². The minimum absolute atomic E-state index is 0.280. The lowest BCUT2D eigenvalue weighted by Gasteiger charge is -2.47. The maximum Gasteiger partial charge on any atom is 0.331 e. The molecule has 130 valence electrons. The highest BCUT2D eigenvalue weighted by molar-refractivity contribution is 5.95. The number of ether oxygens (including phenoxy) is 2. The van der Waals surface area contributed by atoms with Crippen molar-refractivity contribution in [2.75, 3.05) is 7.11 Å². The smallest absolute Gasteiger partial charge is 0.331 e. The van der Waals surface area contributed by atoms with Gasteiger partial charge in [0, 0.05) is 5.41 Å². The first-order valence-electron chi connectivity index (χ1n) is 8.01. The summed E-state index contributed by atoms with van der Waals surface area (Å²) in [5, 5.41) is 10.9. The summed E-state index contributed by atoms with van der Waals surface area (Å²) in [5.41, 5.74) is -1.14.